The van der Waals surface area contributed by atoms with Gasteiger partial charge in [0, 0.05) is 6.04 Å². The molecule has 1 fully saturated rings. The van der Waals surface area contributed by atoms with Crippen molar-refractivity contribution >= 4 is 17.9 Å². The van der Waals surface area contributed by atoms with Crippen LogP contribution in [0.25, 0.3) is 0 Å². The van der Waals surface area contributed by atoms with Gasteiger partial charge in [-0.05, 0) is 31.1 Å². The maximum atomic E-state index is 12.0. The Morgan fingerprint density at radius 2 is 1.70 bits per heavy atom. The molecule has 7 nitrogen and oxygen atoms in total. The molecule has 0 aromatic rings. The maximum absolute atomic E-state index is 12.0. The van der Waals surface area contributed by atoms with Crippen molar-refractivity contribution in [2.45, 2.75) is 39.2 Å². The van der Waals surface area contributed by atoms with Gasteiger partial charge in [-0.1, -0.05) is 13.8 Å². The van der Waals surface area contributed by atoms with E-state index in [2.05, 4.69) is 19.2 Å². The lowest BCUT2D eigenvalue weighted by atomic mass is 9.80. The maximum Gasteiger partial charge on any atom is 0.323 e. The van der Waals surface area contributed by atoms with Gasteiger partial charge in [0.05, 0.1) is 0 Å². The quantitative estimate of drug-likeness (QED) is 0.678. The molecule has 7 heteroatoms. The number of urea groups is 1. The van der Waals surface area contributed by atoms with Crippen molar-refractivity contribution in [1.29, 1.82) is 0 Å². The summed E-state index contributed by atoms with van der Waals surface area (Å²) in [6.45, 7) is 3.34. The number of hydrogen-bond acceptors (Lipinski definition) is 3. The number of carbonyl (C=O) groups is 3. The predicted octanol–water partition coefficient (Wildman–Crippen LogP) is 0.393. The molecule has 0 spiro atoms. The minimum Gasteiger partial charge on any atom is -0.480 e. The normalized spacial score (nSPS) is 25.8. The Morgan fingerprint density at radius 1 is 1.15 bits per heavy atom. The monoisotopic (exact) mass is 285 g/mol. The lowest BCUT2D eigenvalue weighted by Crippen LogP contribution is -2.50. The van der Waals surface area contributed by atoms with Crippen LogP contribution in [0.1, 0.15) is 33.1 Å². The molecule has 20 heavy (non-hydrogen) atoms. The molecule has 1 saturated carbocycles. The summed E-state index contributed by atoms with van der Waals surface area (Å²) in [6.07, 6.45) is 2.87. The third-order valence-electron chi connectivity index (χ3n) is 3.47. The Balaban J connectivity index is 2.60. The SMILES string of the molecule is CC1CC(C)CC(NC(=O)N(CC(N)=O)CC(=O)O)C1. The van der Waals surface area contributed by atoms with Gasteiger partial charge in [-0.2, -0.15) is 0 Å². The summed E-state index contributed by atoms with van der Waals surface area (Å²) in [6, 6.07) is -0.525. The van der Waals surface area contributed by atoms with Gasteiger partial charge in [0.2, 0.25) is 5.91 Å². The molecule has 0 bridgehead atoms. The number of rotatable bonds is 5. The second-order valence-electron chi connectivity index (χ2n) is 5.78. The van der Waals surface area contributed by atoms with E-state index in [9.17, 15) is 14.4 Å². The van der Waals surface area contributed by atoms with Crippen LogP contribution in [0.3, 0.4) is 0 Å². The highest BCUT2D eigenvalue weighted by Gasteiger charge is 2.27. The molecule has 0 aromatic heterocycles. The van der Waals surface area contributed by atoms with Crippen molar-refractivity contribution in [3.63, 3.8) is 0 Å². The highest BCUT2D eigenvalue weighted by atomic mass is 16.4. The molecular weight excluding hydrogens is 262 g/mol. The largest absolute Gasteiger partial charge is 0.480 e. The summed E-state index contributed by atoms with van der Waals surface area (Å²) >= 11 is 0. The summed E-state index contributed by atoms with van der Waals surface area (Å²) in [5, 5.41) is 11.6. The van der Waals surface area contributed by atoms with Crippen molar-refractivity contribution in [1.82, 2.24) is 10.2 Å². The summed E-state index contributed by atoms with van der Waals surface area (Å²) < 4.78 is 0. The molecule has 1 aliphatic carbocycles. The molecule has 1 aliphatic rings. The molecule has 1 rings (SSSR count). The fourth-order valence-electron chi connectivity index (χ4n) is 2.88. The number of nitrogens with two attached hydrogens (primary N) is 1. The first kappa shape index (κ1) is 16.3. The number of aliphatic carboxylic acids is 1. The van der Waals surface area contributed by atoms with Gasteiger partial charge < -0.3 is 21.1 Å². The Labute approximate surface area is 118 Å². The number of hydrogen-bond donors (Lipinski definition) is 3. The van der Waals surface area contributed by atoms with Crippen LogP contribution in [-0.4, -0.2) is 47.0 Å². The number of nitrogens with one attached hydrogen (secondary N) is 1. The number of primary amides is 1. The third-order valence-corrected chi connectivity index (χ3v) is 3.47. The summed E-state index contributed by atoms with van der Waals surface area (Å²) in [4.78, 5) is 34.6. The van der Waals surface area contributed by atoms with Crippen molar-refractivity contribution in [2.24, 2.45) is 17.6 Å². The first-order chi connectivity index (χ1) is 9.27. The molecule has 3 amide bonds. The molecule has 114 valence electrons. The smallest absolute Gasteiger partial charge is 0.323 e. The highest BCUT2D eigenvalue weighted by molar-refractivity contribution is 5.86. The molecular formula is C13H23N3O4. The lowest BCUT2D eigenvalue weighted by molar-refractivity contribution is -0.137. The van der Waals surface area contributed by atoms with Crippen molar-refractivity contribution in [2.75, 3.05) is 13.1 Å². The van der Waals surface area contributed by atoms with E-state index in [-0.39, 0.29) is 6.04 Å². The second-order valence-corrected chi connectivity index (χ2v) is 5.78. The summed E-state index contributed by atoms with van der Waals surface area (Å²) in [5.41, 5.74) is 5.03. The van der Waals surface area contributed by atoms with E-state index in [0.717, 1.165) is 24.2 Å². The van der Waals surface area contributed by atoms with E-state index in [1.165, 1.54) is 0 Å². The molecule has 2 unspecified atom stereocenters. The Hall–Kier alpha value is -1.79. The topological polar surface area (TPSA) is 113 Å². The molecule has 0 heterocycles. The number of carboxylic acids is 1. The zero-order chi connectivity index (χ0) is 15.3. The molecule has 4 N–H and O–H groups in total. The van der Waals surface area contributed by atoms with E-state index < -0.39 is 31.0 Å². The lowest BCUT2D eigenvalue weighted by Gasteiger charge is -2.33. The van der Waals surface area contributed by atoms with Crippen LogP contribution in [0.2, 0.25) is 0 Å². The highest BCUT2D eigenvalue weighted by Crippen LogP contribution is 2.28. The van der Waals surface area contributed by atoms with Gasteiger partial charge >= 0.3 is 12.0 Å². The Morgan fingerprint density at radius 3 is 2.15 bits per heavy atom. The second kappa shape index (κ2) is 7.12. The van der Waals surface area contributed by atoms with Gasteiger partial charge in [-0.25, -0.2) is 4.79 Å². The number of nitrogens with zero attached hydrogens (tertiary/aromatic N) is 1. The van der Waals surface area contributed by atoms with Crippen LogP contribution in [0.4, 0.5) is 4.79 Å². The summed E-state index contributed by atoms with van der Waals surface area (Å²) in [7, 11) is 0. The molecule has 0 aliphatic heterocycles. The van der Waals surface area contributed by atoms with E-state index in [4.69, 9.17) is 10.8 Å². The minimum absolute atomic E-state index is 0.0189. The van der Waals surface area contributed by atoms with Crippen LogP contribution in [0, 0.1) is 11.8 Å². The molecule has 0 saturated heterocycles. The van der Waals surface area contributed by atoms with Gasteiger partial charge in [0.25, 0.3) is 0 Å². The fraction of sp³-hybridized carbons (Fsp3) is 0.769. The average molecular weight is 285 g/mol. The van der Waals surface area contributed by atoms with Crippen LogP contribution in [-0.2, 0) is 9.59 Å². The van der Waals surface area contributed by atoms with Crippen LogP contribution in [0.5, 0.6) is 0 Å². The first-order valence-corrected chi connectivity index (χ1v) is 6.83. The van der Waals surface area contributed by atoms with E-state index in [0.29, 0.717) is 11.8 Å². The fourth-order valence-corrected chi connectivity index (χ4v) is 2.88. The Bertz CT molecular complexity index is 360. The number of carbonyl (C=O) groups excluding carboxylic acids is 2. The number of carboxylic acid groups (broad SMARTS) is 1. The standard InChI is InChI=1S/C13H23N3O4/c1-8-3-9(2)5-10(4-8)15-13(20)16(6-11(14)17)7-12(18)19/h8-10H,3-7H2,1-2H3,(H2,14,17)(H,15,20)(H,18,19). The molecule has 0 aromatic carbocycles. The zero-order valence-corrected chi connectivity index (χ0v) is 12.0. The Kier molecular flexibility index (Phi) is 5.79. The minimum atomic E-state index is -1.17. The van der Waals surface area contributed by atoms with Gasteiger partial charge in [-0.15, -0.1) is 0 Å². The van der Waals surface area contributed by atoms with E-state index in [1.807, 2.05) is 0 Å². The van der Waals surface area contributed by atoms with Crippen LogP contribution < -0.4 is 11.1 Å². The molecule has 0 radical (unpaired) electrons. The zero-order valence-electron chi connectivity index (χ0n) is 12.0. The summed E-state index contributed by atoms with van der Waals surface area (Å²) in [5.74, 6) is -0.861. The van der Waals surface area contributed by atoms with Crippen LogP contribution in [0.15, 0.2) is 0 Å². The van der Waals surface area contributed by atoms with Crippen molar-refractivity contribution < 1.29 is 19.5 Å². The number of amides is 3. The van der Waals surface area contributed by atoms with Crippen molar-refractivity contribution in [3.8, 4) is 0 Å². The van der Waals surface area contributed by atoms with Crippen LogP contribution >= 0.6 is 0 Å². The van der Waals surface area contributed by atoms with Gasteiger partial charge in [-0.3, -0.25) is 9.59 Å². The average Bonchev–Trinajstić information content (AvgIpc) is 2.24. The van der Waals surface area contributed by atoms with E-state index >= 15 is 0 Å². The van der Waals surface area contributed by atoms with Crippen molar-refractivity contribution in [3.05, 3.63) is 0 Å². The first-order valence-electron chi connectivity index (χ1n) is 6.83. The predicted molar refractivity (Wildman–Crippen MR) is 72.9 cm³/mol. The van der Waals surface area contributed by atoms with Gasteiger partial charge in [0.1, 0.15) is 13.1 Å². The third kappa shape index (κ3) is 5.46. The van der Waals surface area contributed by atoms with E-state index in [1.54, 1.807) is 0 Å². The van der Waals surface area contributed by atoms with Gasteiger partial charge in [0.15, 0.2) is 0 Å². The molecule has 2 atom stereocenters.